The Balaban J connectivity index is 2.71. The minimum absolute atomic E-state index is 0.110. The first-order chi connectivity index (χ1) is 7.71. The Labute approximate surface area is 94.9 Å². The predicted octanol–water partition coefficient (Wildman–Crippen LogP) is 0.154. The lowest BCUT2D eigenvalue weighted by molar-refractivity contribution is -0.118. The Morgan fingerprint density at radius 1 is 1.19 bits per heavy atom. The van der Waals surface area contributed by atoms with Gasteiger partial charge in [0.1, 0.15) is 0 Å². The van der Waals surface area contributed by atoms with Gasteiger partial charge in [-0.2, -0.15) is 5.10 Å². The van der Waals surface area contributed by atoms with Crippen LogP contribution in [0.25, 0.3) is 0 Å². The quantitative estimate of drug-likeness (QED) is 0.743. The molecule has 1 amide bonds. The van der Waals surface area contributed by atoms with Crippen molar-refractivity contribution in [1.29, 1.82) is 0 Å². The zero-order valence-corrected chi connectivity index (χ0v) is 9.87. The average Bonchev–Trinajstić information content (AvgIpc) is 2.35. The van der Waals surface area contributed by atoms with Crippen LogP contribution in [0.5, 0.6) is 0 Å². The summed E-state index contributed by atoms with van der Waals surface area (Å²) in [6, 6.07) is 0. The molecule has 88 valence electrons. The van der Waals surface area contributed by atoms with E-state index in [-0.39, 0.29) is 12.5 Å². The first-order valence-electron chi connectivity index (χ1n) is 5.38. The lowest BCUT2D eigenvalue weighted by atomic mass is 10.2. The summed E-state index contributed by atoms with van der Waals surface area (Å²) in [5.74, 6) is 0.291. The molecule has 0 aliphatic rings. The monoisotopic (exact) mass is 223 g/mol. The number of nitrogens with one attached hydrogen (secondary N) is 2. The van der Waals surface area contributed by atoms with E-state index in [9.17, 15) is 4.79 Å². The number of carbonyl (C=O) groups excluding carboxylic acids is 1. The molecule has 1 aromatic rings. The van der Waals surface area contributed by atoms with Gasteiger partial charge in [-0.25, -0.2) is 4.98 Å². The van der Waals surface area contributed by atoms with E-state index in [0.29, 0.717) is 5.95 Å². The number of aromatic nitrogens is 3. The van der Waals surface area contributed by atoms with E-state index in [2.05, 4.69) is 25.8 Å². The molecule has 0 atom stereocenters. The van der Waals surface area contributed by atoms with E-state index >= 15 is 0 Å². The molecule has 0 bridgehead atoms. The van der Waals surface area contributed by atoms with Crippen LogP contribution >= 0.6 is 0 Å². The van der Waals surface area contributed by atoms with Crippen LogP contribution in [-0.4, -0.2) is 34.7 Å². The van der Waals surface area contributed by atoms with Crippen molar-refractivity contribution in [2.45, 2.75) is 26.7 Å². The third-order valence-electron chi connectivity index (χ3n) is 2.20. The topological polar surface area (TPSA) is 79.8 Å². The Kier molecular flexibility index (Phi) is 4.63. The smallest absolute Gasteiger partial charge is 0.243 e. The van der Waals surface area contributed by atoms with Crippen LogP contribution < -0.4 is 10.6 Å². The molecular weight excluding hydrogens is 206 g/mol. The van der Waals surface area contributed by atoms with E-state index in [1.807, 2.05) is 13.8 Å². The molecule has 0 saturated heterocycles. The summed E-state index contributed by atoms with van der Waals surface area (Å²) in [6.45, 7) is 4.20. The van der Waals surface area contributed by atoms with Crippen LogP contribution in [0.3, 0.4) is 0 Å². The maximum Gasteiger partial charge on any atom is 0.243 e. The summed E-state index contributed by atoms with van der Waals surface area (Å²) in [5.41, 5.74) is 1.84. The van der Waals surface area contributed by atoms with E-state index in [0.717, 1.165) is 24.2 Å². The highest BCUT2D eigenvalue weighted by Gasteiger charge is 2.06. The Bertz CT molecular complexity index is 366. The van der Waals surface area contributed by atoms with Crippen molar-refractivity contribution in [3.63, 3.8) is 0 Å². The third-order valence-corrected chi connectivity index (χ3v) is 2.20. The molecule has 0 fully saturated rings. The normalized spacial score (nSPS) is 9.94. The van der Waals surface area contributed by atoms with Gasteiger partial charge in [-0.1, -0.05) is 13.8 Å². The first kappa shape index (κ1) is 12.4. The number of hydrogen-bond donors (Lipinski definition) is 2. The maximum atomic E-state index is 11.0. The van der Waals surface area contributed by atoms with Gasteiger partial charge in [-0.3, -0.25) is 4.79 Å². The SMILES string of the molecule is CCc1nnc(NCC(=O)NC)nc1CC. The van der Waals surface area contributed by atoms with Crippen LogP contribution in [0.1, 0.15) is 25.2 Å². The van der Waals surface area contributed by atoms with Crippen LogP contribution in [0, 0.1) is 0 Å². The molecule has 0 aliphatic carbocycles. The van der Waals surface area contributed by atoms with Crippen LogP contribution in [0.4, 0.5) is 5.95 Å². The van der Waals surface area contributed by atoms with Crippen molar-refractivity contribution < 1.29 is 4.79 Å². The summed E-state index contributed by atoms with van der Waals surface area (Å²) in [5, 5.41) is 13.3. The highest BCUT2D eigenvalue weighted by Crippen LogP contribution is 2.06. The summed E-state index contributed by atoms with van der Waals surface area (Å²) < 4.78 is 0. The largest absolute Gasteiger partial charge is 0.358 e. The number of hydrogen-bond acceptors (Lipinski definition) is 5. The fraction of sp³-hybridized carbons (Fsp3) is 0.600. The summed E-state index contributed by atoms with van der Waals surface area (Å²) in [6.07, 6.45) is 1.63. The zero-order valence-electron chi connectivity index (χ0n) is 9.87. The molecular formula is C10H17N5O. The molecule has 2 N–H and O–H groups in total. The number of nitrogens with zero attached hydrogens (tertiary/aromatic N) is 3. The molecule has 1 rings (SSSR count). The van der Waals surface area contributed by atoms with Crippen LogP contribution in [0.2, 0.25) is 0 Å². The minimum Gasteiger partial charge on any atom is -0.358 e. The molecule has 16 heavy (non-hydrogen) atoms. The van der Waals surface area contributed by atoms with Gasteiger partial charge in [0, 0.05) is 7.05 Å². The molecule has 0 saturated carbocycles. The van der Waals surface area contributed by atoms with Crippen molar-refractivity contribution in [3.8, 4) is 0 Å². The number of likely N-dealkylation sites (N-methyl/N-ethyl adjacent to an activating group) is 1. The molecule has 0 radical (unpaired) electrons. The maximum absolute atomic E-state index is 11.0. The third kappa shape index (κ3) is 3.15. The molecule has 1 heterocycles. The van der Waals surface area contributed by atoms with E-state index in [1.54, 1.807) is 7.05 Å². The molecule has 6 heteroatoms. The van der Waals surface area contributed by atoms with Crippen molar-refractivity contribution in [3.05, 3.63) is 11.4 Å². The second kappa shape index (κ2) is 5.99. The van der Waals surface area contributed by atoms with Gasteiger partial charge >= 0.3 is 0 Å². The van der Waals surface area contributed by atoms with Crippen molar-refractivity contribution in [2.75, 3.05) is 18.9 Å². The van der Waals surface area contributed by atoms with Gasteiger partial charge in [0.05, 0.1) is 17.9 Å². The molecule has 6 nitrogen and oxygen atoms in total. The average molecular weight is 223 g/mol. The van der Waals surface area contributed by atoms with Crippen LogP contribution in [-0.2, 0) is 17.6 Å². The Hall–Kier alpha value is -1.72. The number of rotatable bonds is 5. The van der Waals surface area contributed by atoms with E-state index < -0.39 is 0 Å². The molecule has 0 unspecified atom stereocenters. The summed E-state index contributed by atoms with van der Waals surface area (Å²) in [7, 11) is 1.58. The van der Waals surface area contributed by atoms with E-state index in [4.69, 9.17) is 0 Å². The lowest BCUT2D eigenvalue weighted by Crippen LogP contribution is -2.27. The standard InChI is InChI=1S/C10H17N5O/c1-4-7-8(5-2)14-15-10(13-7)12-6-9(16)11-3/h4-6H2,1-3H3,(H,11,16)(H,12,13,15). The fourth-order valence-corrected chi connectivity index (χ4v) is 1.26. The van der Waals surface area contributed by atoms with Gasteiger partial charge in [0.2, 0.25) is 11.9 Å². The van der Waals surface area contributed by atoms with Crippen molar-refractivity contribution in [1.82, 2.24) is 20.5 Å². The summed E-state index contributed by atoms with van der Waals surface area (Å²) in [4.78, 5) is 15.3. The number of aryl methyl sites for hydroxylation is 2. The number of carbonyl (C=O) groups is 1. The van der Waals surface area contributed by atoms with Gasteiger partial charge in [0.15, 0.2) is 0 Å². The van der Waals surface area contributed by atoms with Crippen molar-refractivity contribution >= 4 is 11.9 Å². The lowest BCUT2D eigenvalue weighted by Gasteiger charge is -2.06. The van der Waals surface area contributed by atoms with Gasteiger partial charge in [0.25, 0.3) is 0 Å². The predicted molar refractivity (Wildman–Crippen MR) is 61.1 cm³/mol. The van der Waals surface area contributed by atoms with Crippen molar-refractivity contribution in [2.24, 2.45) is 0 Å². The Morgan fingerprint density at radius 3 is 2.44 bits per heavy atom. The minimum atomic E-state index is -0.110. The summed E-state index contributed by atoms with van der Waals surface area (Å²) >= 11 is 0. The molecule has 0 aromatic carbocycles. The molecule has 1 aromatic heterocycles. The van der Waals surface area contributed by atoms with Gasteiger partial charge in [-0.05, 0) is 12.8 Å². The van der Waals surface area contributed by atoms with E-state index in [1.165, 1.54) is 0 Å². The second-order valence-electron chi connectivity index (χ2n) is 3.26. The first-order valence-corrected chi connectivity index (χ1v) is 5.38. The number of amides is 1. The number of anilines is 1. The molecule has 0 spiro atoms. The van der Waals surface area contributed by atoms with Crippen LogP contribution in [0.15, 0.2) is 0 Å². The van der Waals surface area contributed by atoms with Gasteiger partial charge < -0.3 is 10.6 Å². The highest BCUT2D eigenvalue weighted by molar-refractivity contribution is 5.79. The Morgan fingerprint density at radius 2 is 1.88 bits per heavy atom. The highest BCUT2D eigenvalue weighted by atomic mass is 16.1. The molecule has 0 aliphatic heterocycles. The fourth-order valence-electron chi connectivity index (χ4n) is 1.26. The van der Waals surface area contributed by atoms with Gasteiger partial charge in [-0.15, -0.1) is 5.10 Å². The second-order valence-corrected chi connectivity index (χ2v) is 3.26. The zero-order chi connectivity index (χ0) is 12.0.